The third-order valence-electron chi connectivity index (χ3n) is 6.88. The molecule has 3 aliphatic rings. The lowest BCUT2D eigenvalue weighted by Gasteiger charge is -2.41. The fourth-order valence-electron chi connectivity index (χ4n) is 5.17. The summed E-state index contributed by atoms with van der Waals surface area (Å²) in [6.07, 6.45) is 0.241. The van der Waals surface area contributed by atoms with E-state index in [1.807, 2.05) is 0 Å². The number of amides is 2. The Kier molecular flexibility index (Phi) is 8.47. The fraction of sp³-hybridized carbons (Fsp3) is 0.600. The summed E-state index contributed by atoms with van der Waals surface area (Å²) in [6.45, 7) is 0.444. The van der Waals surface area contributed by atoms with Gasteiger partial charge in [0.15, 0.2) is 11.5 Å². The highest BCUT2D eigenvalue weighted by Gasteiger charge is 2.52. The first-order chi connectivity index (χ1) is 17.4. The summed E-state index contributed by atoms with van der Waals surface area (Å²) in [4.78, 5) is 28.2. The second-order valence-corrected chi connectivity index (χ2v) is 9.04. The third-order valence-corrected chi connectivity index (χ3v) is 6.88. The Morgan fingerprint density at radius 1 is 1.25 bits per heavy atom. The number of ether oxygens (including phenoxy) is 4. The smallest absolute Gasteiger partial charge is 0.252 e. The zero-order valence-electron chi connectivity index (χ0n) is 20.5. The van der Waals surface area contributed by atoms with Gasteiger partial charge in [-0.15, -0.1) is 0 Å². The van der Waals surface area contributed by atoms with Crippen LogP contribution in [-0.2, 0) is 25.7 Å². The van der Waals surface area contributed by atoms with Gasteiger partial charge < -0.3 is 44.5 Å². The van der Waals surface area contributed by atoms with Crippen molar-refractivity contribution in [1.82, 2.24) is 10.2 Å². The molecule has 2 amide bonds. The van der Waals surface area contributed by atoms with E-state index in [0.29, 0.717) is 41.2 Å². The minimum atomic E-state index is -1.18. The second-order valence-electron chi connectivity index (χ2n) is 9.04. The van der Waals surface area contributed by atoms with Gasteiger partial charge in [-0.3, -0.25) is 9.59 Å². The summed E-state index contributed by atoms with van der Waals surface area (Å²) >= 11 is 0. The molecule has 36 heavy (non-hydrogen) atoms. The molecule has 1 unspecified atom stereocenters. The highest BCUT2D eigenvalue weighted by molar-refractivity contribution is 5.96. The number of carbonyl (C=O) groups excluding carboxylic acids is 2. The largest absolute Gasteiger partial charge is 0.493 e. The monoisotopic (exact) mass is 506 g/mol. The van der Waals surface area contributed by atoms with Crippen molar-refractivity contribution < 1.29 is 43.9 Å². The summed E-state index contributed by atoms with van der Waals surface area (Å²) < 4.78 is 22.5. The summed E-state index contributed by atoms with van der Waals surface area (Å²) in [5.74, 6) is -0.658. The molecule has 1 saturated heterocycles. The van der Waals surface area contributed by atoms with E-state index in [1.54, 1.807) is 18.2 Å². The Hall–Kier alpha value is -2.70. The molecule has 11 nitrogen and oxygen atoms in total. The number of nitrogens with one attached hydrogen (secondary N) is 1. The van der Waals surface area contributed by atoms with Gasteiger partial charge in [0.05, 0.1) is 38.9 Å². The van der Waals surface area contributed by atoms with Crippen molar-refractivity contribution in [1.29, 1.82) is 0 Å². The first-order valence-corrected chi connectivity index (χ1v) is 12.1. The lowest BCUT2D eigenvalue weighted by molar-refractivity contribution is -0.147. The average molecular weight is 507 g/mol. The van der Waals surface area contributed by atoms with Gasteiger partial charge in [-0.1, -0.05) is 0 Å². The number of benzene rings is 1. The van der Waals surface area contributed by atoms with E-state index in [0.717, 1.165) is 6.42 Å². The van der Waals surface area contributed by atoms with Gasteiger partial charge in [-0.25, -0.2) is 0 Å². The molecule has 2 heterocycles. The Balaban J connectivity index is 1.78. The van der Waals surface area contributed by atoms with Crippen molar-refractivity contribution in [2.24, 2.45) is 0 Å². The molecule has 4 rings (SSSR count). The van der Waals surface area contributed by atoms with Crippen molar-refractivity contribution in [3.8, 4) is 11.5 Å². The number of nitrogens with zero attached hydrogens (tertiary/aromatic N) is 1. The predicted octanol–water partition coefficient (Wildman–Crippen LogP) is -0.536. The van der Waals surface area contributed by atoms with Gasteiger partial charge >= 0.3 is 0 Å². The predicted molar refractivity (Wildman–Crippen MR) is 127 cm³/mol. The molecule has 0 aromatic heterocycles. The Morgan fingerprint density at radius 2 is 2.06 bits per heavy atom. The molecule has 1 aliphatic carbocycles. The number of hydrogen-bond donors (Lipinski definition) is 4. The van der Waals surface area contributed by atoms with Crippen LogP contribution in [0.5, 0.6) is 11.5 Å². The van der Waals surface area contributed by atoms with Crippen molar-refractivity contribution in [3.63, 3.8) is 0 Å². The number of carbonyl (C=O) groups is 2. The molecule has 2 aliphatic heterocycles. The average Bonchev–Trinajstić information content (AvgIpc) is 3.56. The summed E-state index contributed by atoms with van der Waals surface area (Å²) in [6, 6.07) is 2.48. The van der Waals surface area contributed by atoms with Crippen molar-refractivity contribution in [2.45, 2.75) is 49.7 Å². The number of hydrogen-bond acceptors (Lipinski definition) is 9. The highest BCUT2D eigenvalue weighted by Crippen LogP contribution is 2.51. The lowest BCUT2D eigenvalue weighted by atomic mass is 9.77. The van der Waals surface area contributed by atoms with Crippen LogP contribution in [0.1, 0.15) is 29.9 Å². The molecule has 11 heteroatoms. The molecule has 4 N–H and O–H groups in total. The molecule has 1 aromatic carbocycles. The van der Waals surface area contributed by atoms with Crippen LogP contribution in [0, 0.1) is 0 Å². The van der Waals surface area contributed by atoms with Gasteiger partial charge in [0.1, 0.15) is 18.3 Å². The van der Waals surface area contributed by atoms with Gasteiger partial charge in [-0.2, -0.15) is 0 Å². The van der Waals surface area contributed by atoms with Crippen LogP contribution in [0.25, 0.3) is 0 Å². The quantitative estimate of drug-likeness (QED) is 0.329. The number of rotatable bonds is 10. The van der Waals surface area contributed by atoms with E-state index in [4.69, 9.17) is 18.9 Å². The zero-order valence-corrected chi connectivity index (χ0v) is 20.5. The van der Waals surface area contributed by atoms with Crippen LogP contribution < -0.4 is 14.8 Å². The Morgan fingerprint density at radius 3 is 2.69 bits per heavy atom. The van der Waals surface area contributed by atoms with Crippen LogP contribution in [0.4, 0.5) is 0 Å². The normalized spacial score (nSPS) is 26.5. The topological polar surface area (TPSA) is 147 Å². The molecule has 0 radical (unpaired) electrons. The van der Waals surface area contributed by atoms with E-state index in [1.165, 1.54) is 19.1 Å². The van der Waals surface area contributed by atoms with Gasteiger partial charge in [-0.05, 0) is 36.6 Å². The van der Waals surface area contributed by atoms with Crippen LogP contribution >= 0.6 is 0 Å². The number of aliphatic hydroxyl groups excluding tert-OH is 3. The Labute approximate surface area is 209 Å². The van der Waals surface area contributed by atoms with Crippen molar-refractivity contribution in [2.75, 3.05) is 47.1 Å². The van der Waals surface area contributed by atoms with Gasteiger partial charge in [0.25, 0.3) is 5.91 Å². The van der Waals surface area contributed by atoms with Crippen LogP contribution in [0.15, 0.2) is 23.8 Å². The standard InChI is InChI=1S/C25H34N2O9/c1-33-9-6-27(25(32)18-4-3-8-35-18)17-12-16(24(31)26-5-7-28)20-15-10-14(13-29)11-19(34-2)22(15)36-23(20)21(17)30/h10-12,17-18,20-21,23,28-30H,3-9,13H2,1-2H3,(H,26,31)/t17-,18?,20+,21+,23+/m1/s1. The molecule has 1 aromatic rings. The maximum atomic E-state index is 13.4. The fourth-order valence-corrected chi connectivity index (χ4v) is 5.17. The molecule has 5 atom stereocenters. The molecule has 0 spiro atoms. The van der Waals surface area contributed by atoms with E-state index in [-0.39, 0.29) is 38.8 Å². The number of fused-ring (bicyclic) bond motifs is 3. The van der Waals surface area contributed by atoms with Crippen molar-refractivity contribution in [3.05, 3.63) is 34.9 Å². The van der Waals surface area contributed by atoms with Crippen LogP contribution in [0.2, 0.25) is 0 Å². The van der Waals surface area contributed by atoms with Crippen LogP contribution in [0.3, 0.4) is 0 Å². The first kappa shape index (κ1) is 26.4. The molecule has 198 valence electrons. The number of aliphatic hydroxyl groups is 3. The maximum Gasteiger partial charge on any atom is 0.252 e. The lowest BCUT2D eigenvalue weighted by Crippen LogP contribution is -2.58. The minimum absolute atomic E-state index is 0.0384. The summed E-state index contributed by atoms with van der Waals surface area (Å²) in [5, 5.41) is 33.2. The van der Waals surface area contributed by atoms with Crippen molar-refractivity contribution >= 4 is 11.8 Å². The molecule has 0 bridgehead atoms. The van der Waals surface area contributed by atoms with E-state index in [2.05, 4.69) is 5.32 Å². The first-order valence-electron chi connectivity index (χ1n) is 12.1. The van der Waals surface area contributed by atoms with E-state index in [9.17, 15) is 24.9 Å². The Bertz CT molecular complexity index is 992. The molecular formula is C25H34N2O9. The van der Waals surface area contributed by atoms with E-state index >= 15 is 0 Å². The molecule has 1 fully saturated rings. The molecular weight excluding hydrogens is 472 g/mol. The highest BCUT2D eigenvalue weighted by atomic mass is 16.5. The maximum absolute atomic E-state index is 13.4. The number of methoxy groups -OCH3 is 2. The third kappa shape index (κ3) is 4.94. The molecule has 0 saturated carbocycles. The minimum Gasteiger partial charge on any atom is -0.493 e. The van der Waals surface area contributed by atoms with Gasteiger partial charge in [0, 0.05) is 37.9 Å². The van der Waals surface area contributed by atoms with E-state index < -0.39 is 36.2 Å². The second kappa shape index (κ2) is 11.6. The summed E-state index contributed by atoms with van der Waals surface area (Å²) in [5.41, 5.74) is 1.46. The van der Waals surface area contributed by atoms with Gasteiger partial charge in [0.2, 0.25) is 5.91 Å². The summed E-state index contributed by atoms with van der Waals surface area (Å²) in [7, 11) is 2.99. The SMILES string of the molecule is COCCN(C(=O)C1CCCO1)[C@@H]1C=C(C(=O)NCCO)[C@@H]2c3cc(CO)cc(OC)c3O[C@@H]2[C@H]1O. The van der Waals surface area contributed by atoms with Crippen LogP contribution in [-0.4, -0.2) is 104 Å². The zero-order chi connectivity index (χ0) is 25.8.